The van der Waals surface area contributed by atoms with E-state index in [4.69, 9.17) is 4.74 Å². The molecule has 0 fully saturated rings. The second-order valence-corrected chi connectivity index (χ2v) is 18.1. The molecule has 2 aliphatic carbocycles. The molecule has 0 atom stereocenters. The van der Waals surface area contributed by atoms with Crippen molar-refractivity contribution in [3.05, 3.63) is 222 Å². The molecule has 0 radical (unpaired) electrons. The van der Waals surface area contributed by atoms with Crippen molar-refractivity contribution in [2.45, 2.75) is 38.5 Å². The quantitative estimate of drug-likeness (QED) is 0.172. The lowest BCUT2D eigenvalue weighted by Gasteiger charge is -2.34. The number of nitrogens with zero attached hydrogens (tertiary/aromatic N) is 1. The van der Waals surface area contributed by atoms with Crippen LogP contribution in [-0.2, 0) is 10.8 Å². The molecule has 296 valence electrons. The van der Waals surface area contributed by atoms with Crippen LogP contribution >= 0.6 is 0 Å². The van der Waals surface area contributed by atoms with E-state index < -0.39 is 0 Å². The average Bonchev–Trinajstić information content (AvgIpc) is 3.70. The van der Waals surface area contributed by atoms with Crippen LogP contribution in [0.25, 0.3) is 66.8 Å². The Bertz CT molecular complexity index is 3050. The average molecular weight is 796 g/mol. The van der Waals surface area contributed by atoms with Gasteiger partial charge in [-0.3, -0.25) is 0 Å². The zero-order chi connectivity index (χ0) is 41.7. The highest BCUT2D eigenvalue weighted by atomic mass is 16.5. The lowest BCUT2D eigenvalue weighted by molar-refractivity contribution is 0.477. The van der Waals surface area contributed by atoms with Gasteiger partial charge in [0.05, 0.1) is 11.4 Å². The van der Waals surface area contributed by atoms with Gasteiger partial charge in [0.15, 0.2) is 11.5 Å². The highest BCUT2D eigenvalue weighted by molar-refractivity contribution is 5.98. The van der Waals surface area contributed by atoms with Gasteiger partial charge in [0.25, 0.3) is 0 Å². The van der Waals surface area contributed by atoms with Crippen LogP contribution in [0.15, 0.2) is 200 Å². The summed E-state index contributed by atoms with van der Waals surface area (Å²) >= 11 is 0. The Morgan fingerprint density at radius 2 is 0.726 bits per heavy atom. The molecule has 0 aromatic heterocycles. The van der Waals surface area contributed by atoms with Gasteiger partial charge < -0.3 is 9.64 Å². The molecule has 9 aromatic rings. The van der Waals surface area contributed by atoms with Crippen LogP contribution in [0.4, 0.5) is 17.1 Å². The van der Waals surface area contributed by atoms with E-state index in [1.165, 1.54) is 66.8 Å². The first-order valence-corrected chi connectivity index (χ1v) is 21.8. The molecule has 0 saturated heterocycles. The van der Waals surface area contributed by atoms with Crippen molar-refractivity contribution in [1.82, 2.24) is 0 Å². The molecule has 0 amide bonds. The number of rotatable bonds is 5. The van der Waals surface area contributed by atoms with E-state index in [0.717, 1.165) is 50.8 Å². The molecule has 0 saturated carbocycles. The van der Waals surface area contributed by atoms with Crippen LogP contribution in [-0.4, -0.2) is 0 Å². The predicted molar refractivity (Wildman–Crippen MR) is 258 cm³/mol. The van der Waals surface area contributed by atoms with Gasteiger partial charge in [-0.05, 0) is 131 Å². The first-order chi connectivity index (χ1) is 30.3. The summed E-state index contributed by atoms with van der Waals surface area (Å²) in [5, 5.41) is 0. The molecule has 9 aromatic carbocycles. The fourth-order valence-corrected chi connectivity index (χ4v) is 10.7. The molecule has 1 aliphatic heterocycles. The standard InChI is InChI=1S/C60H45NO/c1-59(2)49-25-13-11-21-47(49)57-45(23-15-27-51(57)59)40-29-31-55-53(36-40)61(44-34-42(38-17-7-5-8-18-38)33-43(35-44)39-19-9-6-10-20-39)54-37-41(30-32-56(54)62-55)46-24-16-28-52-58(46)48-22-12-14-26-50(48)60(52,3)4/h5-37H,1-4H3. The van der Waals surface area contributed by atoms with Crippen molar-refractivity contribution in [2.24, 2.45) is 0 Å². The maximum atomic E-state index is 6.96. The highest BCUT2D eigenvalue weighted by Gasteiger charge is 2.38. The van der Waals surface area contributed by atoms with Gasteiger partial charge in [0, 0.05) is 16.5 Å². The Morgan fingerprint density at radius 1 is 0.323 bits per heavy atom. The molecular formula is C60H45NO. The summed E-state index contributed by atoms with van der Waals surface area (Å²) in [5.41, 5.74) is 23.0. The third kappa shape index (κ3) is 5.43. The van der Waals surface area contributed by atoms with Crippen LogP contribution in [0.3, 0.4) is 0 Å². The van der Waals surface area contributed by atoms with Crippen molar-refractivity contribution >= 4 is 17.1 Å². The summed E-state index contributed by atoms with van der Waals surface area (Å²) in [7, 11) is 0. The molecule has 2 heteroatoms. The number of fused-ring (bicyclic) bond motifs is 8. The Hall–Kier alpha value is -7.42. The van der Waals surface area contributed by atoms with E-state index in [1.807, 2.05) is 0 Å². The first kappa shape index (κ1) is 36.4. The Morgan fingerprint density at radius 3 is 1.19 bits per heavy atom. The van der Waals surface area contributed by atoms with Crippen LogP contribution in [0.1, 0.15) is 49.9 Å². The van der Waals surface area contributed by atoms with Gasteiger partial charge in [-0.25, -0.2) is 0 Å². The fourth-order valence-electron chi connectivity index (χ4n) is 10.7. The fraction of sp³-hybridized carbons (Fsp3) is 0.100. The molecular weight excluding hydrogens is 751 g/mol. The summed E-state index contributed by atoms with van der Waals surface area (Å²) in [6.07, 6.45) is 0. The summed E-state index contributed by atoms with van der Waals surface area (Å²) < 4.78 is 6.96. The van der Waals surface area contributed by atoms with E-state index in [9.17, 15) is 0 Å². The molecule has 12 rings (SSSR count). The number of ether oxygens (including phenoxy) is 1. The van der Waals surface area contributed by atoms with Crippen molar-refractivity contribution in [3.8, 4) is 78.3 Å². The zero-order valence-electron chi connectivity index (χ0n) is 35.4. The lowest BCUT2D eigenvalue weighted by Crippen LogP contribution is -2.16. The third-order valence-electron chi connectivity index (χ3n) is 13.8. The molecule has 2 nitrogen and oxygen atoms in total. The number of benzene rings is 9. The van der Waals surface area contributed by atoms with Crippen molar-refractivity contribution in [2.75, 3.05) is 4.90 Å². The zero-order valence-corrected chi connectivity index (χ0v) is 35.4. The van der Waals surface area contributed by atoms with Gasteiger partial charge in [-0.15, -0.1) is 0 Å². The summed E-state index contributed by atoms with van der Waals surface area (Å²) in [4.78, 5) is 2.45. The minimum absolute atomic E-state index is 0.0975. The largest absolute Gasteiger partial charge is 0.453 e. The van der Waals surface area contributed by atoms with Crippen LogP contribution in [0, 0.1) is 0 Å². The monoisotopic (exact) mass is 795 g/mol. The van der Waals surface area contributed by atoms with Gasteiger partial charge in [-0.1, -0.05) is 185 Å². The van der Waals surface area contributed by atoms with Crippen molar-refractivity contribution < 1.29 is 4.74 Å². The summed E-state index contributed by atoms with van der Waals surface area (Å²) in [6.45, 7) is 9.41. The first-order valence-electron chi connectivity index (χ1n) is 21.8. The van der Waals surface area contributed by atoms with Crippen LogP contribution in [0.2, 0.25) is 0 Å². The van der Waals surface area contributed by atoms with Crippen molar-refractivity contribution in [1.29, 1.82) is 0 Å². The Balaban J connectivity index is 1.10. The maximum Gasteiger partial charge on any atom is 0.151 e. The van der Waals surface area contributed by atoms with E-state index in [2.05, 4.69) is 233 Å². The summed E-state index contributed by atoms with van der Waals surface area (Å²) in [6, 6.07) is 73.5. The smallest absolute Gasteiger partial charge is 0.151 e. The molecule has 0 spiro atoms. The van der Waals surface area contributed by atoms with E-state index in [1.54, 1.807) is 0 Å². The number of hydrogen-bond donors (Lipinski definition) is 0. The minimum atomic E-state index is -0.0975. The van der Waals surface area contributed by atoms with Crippen LogP contribution < -0.4 is 9.64 Å². The Kier molecular flexibility index (Phi) is 7.96. The van der Waals surface area contributed by atoms with Crippen molar-refractivity contribution in [3.63, 3.8) is 0 Å². The van der Waals surface area contributed by atoms with E-state index >= 15 is 0 Å². The molecule has 0 N–H and O–H groups in total. The highest BCUT2D eigenvalue weighted by Crippen LogP contribution is 2.57. The Labute approximate surface area is 364 Å². The minimum Gasteiger partial charge on any atom is -0.453 e. The van der Waals surface area contributed by atoms with Gasteiger partial charge in [-0.2, -0.15) is 0 Å². The second-order valence-electron chi connectivity index (χ2n) is 18.1. The van der Waals surface area contributed by atoms with Gasteiger partial charge >= 0.3 is 0 Å². The number of hydrogen-bond acceptors (Lipinski definition) is 2. The van der Waals surface area contributed by atoms with Gasteiger partial charge in [0.1, 0.15) is 0 Å². The topological polar surface area (TPSA) is 12.5 Å². The maximum absolute atomic E-state index is 6.96. The molecule has 0 bridgehead atoms. The SMILES string of the molecule is CC1(C)c2ccccc2-c2c(-c3ccc4c(c3)N(c3cc(-c5ccccc5)cc(-c5ccccc5)c3)c3cc(-c5cccc6c5-c5ccccc5C6(C)C)ccc3O4)cccc21. The normalized spacial score (nSPS) is 14.5. The van der Waals surface area contributed by atoms with E-state index in [-0.39, 0.29) is 10.8 Å². The predicted octanol–water partition coefficient (Wildman–Crippen LogP) is 16.5. The molecule has 3 aliphatic rings. The third-order valence-corrected chi connectivity index (χ3v) is 13.8. The molecule has 62 heavy (non-hydrogen) atoms. The van der Waals surface area contributed by atoms with Gasteiger partial charge in [0.2, 0.25) is 0 Å². The van der Waals surface area contributed by atoms with Crippen LogP contribution in [0.5, 0.6) is 11.5 Å². The summed E-state index contributed by atoms with van der Waals surface area (Å²) in [5.74, 6) is 1.65. The lowest BCUT2D eigenvalue weighted by atomic mass is 9.82. The molecule has 1 heterocycles. The second kappa shape index (κ2) is 13.5. The van der Waals surface area contributed by atoms with E-state index in [0.29, 0.717) is 0 Å². The number of anilines is 3. The molecule has 0 unspecified atom stereocenters.